The number of aromatic amines is 1. The molecule has 34 heavy (non-hydrogen) atoms. The van der Waals surface area contributed by atoms with Crippen molar-refractivity contribution in [3.8, 4) is 17.6 Å². The molecule has 2 aromatic carbocycles. The van der Waals surface area contributed by atoms with Gasteiger partial charge >= 0.3 is 0 Å². The van der Waals surface area contributed by atoms with Crippen LogP contribution in [-0.2, 0) is 24.7 Å². The van der Waals surface area contributed by atoms with E-state index < -0.39 is 11.0 Å². The molecule has 2 aliphatic heterocycles. The van der Waals surface area contributed by atoms with E-state index in [4.69, 9.17) is 4.74 Å². The van der Waals surface area contributed by atoms with Gasteiger partial charge in [0.15, 0.2) is 17.6 Å². The van der Waals surface area contributed by atoms with Crippen LogP contribution in [0.3, 0.4) is 0 Å². The Bertz CT molecular complexity index is 1420. The molecule has 4 atom stereocenters. The summed E-state index contributed by atoms with van der Waals surface area (Å²) in [5, 5.41) is 33.8. The number of phenols is 1. The molecule has 3 heterocycles. The van der Waals surface area contributed by atoms with E-state index in [0.29, 0.717) is 18.6 Å². The predicted octanol–water partition coefficient (Wildman–Crippen LogP) is 3.80. The molecule has 1 spiro atoms. The molecule has 1 aromatic heterocycles. The molecule has 1 saturated heterocycles. The number of aliphatic hydroxyl groups is 1. The molecule has 2 aliphatic carbocycles. The van der Waals surface area contributed by atoms with E-state index in [1.165, 1.54) is 5.56 Å². The SMILES string of the molecule is C=CCCN1CC[C@]23c4c5ccc(O)c4O[C@H]2c2[nH]c4ccc(CC#N)cc4c2C[C@@]3(O)[C@H]1C5. The highest BCUT2D eigenvalue weighted by molar-refractivity contribution is 5.87. The fraction of sp³-hybridized carbons (Fsp3) is 0.393. The average Bonchev–Trinajstić information content (AvgIpc) is 3.35. The third-order valence-electron chi connectivity index (χ3n) is 8.94. The number of benzene rings is 2. The van der Waals surface area contributed by atoms with Gasteiger partial charge in [0.25, 0.3) is 0 Å². The fourth-order valence-electron chi connectivity index (χ4n) is 7.54. The number of aromatic nitrogens is 1. The number of ether oxygens (including phenoxy) is 1. The third-order valence-corrected chi connectivity index (χ3v) is 8.94. The summed E-state index contributed by atoms with van der Waals surface area (Å²) in [6.07, 6.45) is 4.79. The van der Waals surface area contributed by atoms with Gasteiger partial charge in [0.2, 0.25) is 0 Å². The van der Waals surface area contributed by atoms with Crippen molar-refractivity contribution in [1.82, 2.24) is 9.88 Å². The van der Waals surface area contributed by atoms with Crippen LogP contribution < -0.4 is 4.74 Å². The molecular weight excluding hydrogens is 426 g/mol. The van der Waals surface area contributed by atoms with Crippen LogP contribution in [-0.4, -0.2) is 44.8 Å². The Kier molecular flexibility index (Phi) is 3.94. The van der Waals surface area contributed by atoms with Crippen LogP contribution in [0.5, 0.6) is 11.5 Å². The Morgan fingerprint density at radius 2 is 2.21 bits per heavy atom. The van der Waals surface area contributed by atoms with Crippen molar-refractivity contribution in [2.75, 3.05) is 13.1 Å². The van der Waals surface area contributed by atoms with Crippen molar-refractivity contribution in [3.05, 3.63) is 70.9 Å². The Morgan fingerprint density at radius 3 is 3.03 bits per heavy atom. The first-order chi connectivity index (χ1) is 16.5. The monoisotopic (exact) mass is 453 g/mol. The van der Waals surface area contributed by atoms with Gasteiger partial charge in [0.1, 0.15) is 0 Å². The standard InChI is InChI=1S/C28H27N3O3/c1-2-3-11-31-12-9-27-23-17-5-7-21(32)25(23)34-26(27)24-19(15-28(27,33)22(31)14-17)18-13-16(8-10-29)4-6-20(18)30-24/h2,4-7,13,22,26,30,32-33H,1,3,8-9,11-12,14-15H2/t22-,26+,27+,28-/m1/s1. The van der Waals surface area contributed by atoms with E-state index in [1.807, 2.05) is 24.3 Å². The Labute approximate surface area is 198 Å². The Morgan fingerprint density at radius 1 is 1.32 bits per heavy atom. The summed E-state index contributed by atoms with van der Waals surface area (Å²) in [5.41, 5.74) is 4.57. The molecule has 6 heteroatoms. The van der Waals surface area contributed by atoms with Gasteiger partial charge in [0.05, 0.1) is 29.2 Å². The molecule has 3 aromatic rings. The van der Waals surface area contributed by atoms with Gasteiger partial charge < -0.3 is 19.9 Å². The van der Waals surface area contributed by atoms with Crippen LogP contribution in [0.4, 0.5) is 0 Å². The second-order valence-electron chi connectivity index (χ2n) is 10.3. The molecule has 7 rings (SSSR count). The lowest BCUT2D eigenvalue weighted by atomic mass is 9.49. The number of hydrogen-bond acceptors (Lipinski definition) is 5. The van der Waals surface area contributed by atoms with Crippen LogP contribution in [0.25, 0.3) is 10.9 Å². The van der Waals surface area contributed by atoms with Crippen molar-refractivity contribution in [3.63, 3.8) is 0 Å². The van der Waals surface area contributed by atoms with E-state index in [1.54, 1.807) is 6.07 Å². The van der Waals surface area contributed by atoms with Crippen LogP contribution in [0.2, 0.25) is 0 Å². The molecular formula is C28H27N3O3. The van der Waals surface area contributed by atoms with Crippen LogP contribution in [0.1, 0.15) is 46.9 Å². The van der Waals surface area contributed by atoms with Gasteiger partial charge in [-0.25, -0.2) is 0 Å². The minimum absolute atomic E-state index is 0.0457. The maximum atomic E-state index is 12.8. The Balaban J connectivity index is 1.49. The molecule has 0 amide bonds. The number of hydrogen-bond donors (Lipinski definition) is 3. The zero-order chi connectivity index (χ0) is 23.2. The number of rotatable bonds is 4. The minimum Gasteiger partial charge on any atom is -0.504 e. The number of H-pyrrole nitrogens is 1. The van der Waals surface area contributed by atoms with E-state index in [9.17, 15) is 15.5 Å². The largest absolute Gasteiger partial charge is 0.504 e. The predicted molar refractivity (Wildman–Crippen MR) is 128 cm³/mol. The number of fused-ring (bicyclic) bond motifs is 4. The summed E-state index contributed by atoms with van der Waals surface area (Å²) in [7, 11) is 0. The van der Waals surface area contributed by atoms with E-state index in [0.717, 1.165) is 65.6 Å². The summed E-state index contributed by atoms with van der Waals surface area (Å²) in [4.78, 5) is 6.04. The van der Waals surface area contributed by atoms with E-state index in [2.05, 4.69) is 28.6 Å². The van der Waals surface area contributed by atoms with Crippen molar-refractivity contribution < 1.29 is 14.9 Å². The van der Waals surface area contributed by atoms with Crippen LogP contribution in [0.15, 0.2) is 43.0 Å². The van der Waals surface area contributed by atoms with Crippen molar-refractivity contribution >= 4 is 10.9 Å². The number of piperidine rings is 1. The fourth-order valence-corrected chi connectivity index (χ4v) is 7.54. The summed E-state index contributed by atoms with van der Waals surface area (Å²) in [6, 6.07) is 12.0. The summed E-state index contributed by atoms with van der Waals surface area (Å²) in [6.45, 7) is 5.64. The molecule has 0 unspecified atom stereocenters. The number of aromatic hydroxyl groups is 1. The highest BCUT2D eigenvalue weighted by Crippen LogP contribution is 2.68. The van der Waals surface area contributed by atoms with Gasteiger partial charge in [-0.2, -0.15) is 5.26 Å². The van der Waals surface area contributed by atoms with Crippen molar-refractivity contribution in [1.29, 1.82) is 5.26 Å². The average molecular weight is 454 g/mol. The topological polar surface area (TPSA) is 92.5 Å². The highest BCUT2D eigenvalue weighted by Gasteiger charge is 2.72. The lowest BCUT2D eigenvalue weighted by molar-refractivity contribution is -0.172. The lowest BCUT2D eigenvalue weighted by Crippen LogP contribution is -2.74. The Hall–Kier alpha value is -3.27. The first-order valence-electron chi connectivity index (χ1n) is 12.1. The lowest BCUT2D eigenvalue weighted by Gasteiger charge is -2.62. The summed E-state index contributed by atoms with van der Waals surface area (Å²) >= 11 is 0. The molecule has 4 aliphatic rings. The molecule has 2 bridgehead atoms. The maximum Gasteiger partial charge on any atom is 0.166 e. The number of nitriles is 1. The number of nitrogens with zero attached hydrogens (tertiary/aromatic N) is 2. The summed E-state index contributed by atoms with van der Waals surface area (Å²) < 4.78 is 6.60. The number of likely N-dealkylation sites (tertiary alicyclic amines) is 1. The van der Waals surface area contributed by atoms with E-state index >= 15 is 0 Å². The zero-order valence-electron chi connectivity index (χ0n) is 19.0. The first-order valence-corrected chi connectivity index (χ1v) is 12.1. The first kappa shape index (κ1) is 20.1. The number of phenolic OH excluding ortho intramolecular Hbond substituents is 1. The molecule has 0 saturated carbocycles. The second-order valence-corrected chi connectivity index (χ2v) is 10.3. The zero-order valence-corrected chi connectivity index (χ0v) is 19.0. The van der Waals surface area contributed by atoms with Crippen LogP contribution in [0, 0.1) is 11.3 Å². The van der Waals surface area contributed by atoms with Gasteiger partial charge in [-0.1, -0.05) is 18.2 Å². The summed E-state index contributed by atoms with van der Waals surface area (Å²) in [5.74, 6) is 0.682. The minimum atomic E-state index is -1.03. The molecule has 6 nitrogen and oxygen atoms in total. The number of nitrogens with one attached hydrogen (secondary N) is 1. The van der Waals surface area contributed by atoms with Gasteiger partial charge in [-0.15, -0.1) is 6.58 Å². The third kappa shape index (κ3) is 2.22. The highest BCUT2D eigenvalue weighted by atomic mass is 16.5. The van der Waals surface area contributed by atoms with Crippen LogP contribution >= 0.6 is 0 Å². The normalized spacial score (nSPS) is 30.4. The molecule has 172 valence electrons. The molecule has 3 N–H and O–H groups in total. The van der Waals surface area contributed by atoms with Gasteiger partial charge in [-0.05, 0) is 60.7 Å². The smallest absolute Gasteiger partial charge is 0.166 e. The molecule has 1 fully saturated rings. The maximum absolute atomic E-state index is 12.8. The van der Waals surface area contributed by atoms with Gasteiger partial charge in [-0.3, -0.25) is 4.90 Å². The second kappa shape index (κ2) is 6.65. The van der Waals surface area contributed by atoms with E-state index in [-0.39, 0.29) is 17.9 Å². The molecule has 0 radical (unpaired) electrons. The van der Waals surface area contributed by atoms with Crippen molar-refractivity contribution in [2.24, 2.45) is 0 Å². The van der Waals surface area contributed by atoms with Crippen molar-refractivity contribution in [2.45, 2.75) is 55.3 Å². The van der Waals surface area contributed by atoms with Gasteiger partial charge in [0, 0.05) is 35.5 Å². The quantitative estimate of drug-likeness (QED) is 0.523.